The Morgan fingerprint density at radius 2 is 2.28 bits per heavy atom. The number of methoxy groups -OCH3 is 1. The molecular weight excluding hydrogens is 253 g/mol. The zero-order chi connectivity index (χ0) is 13.4. The molecule has 0 aliphatic rings. The topological polar surface area (TPSA) is 51.4 Å². The molecule has 100 valence electrons. The Labute approximate surface area is 112 Å². The monoisotopic (exact) mass is 271 g/mol. The average molecular weight is 271 g/mol. The van der Waals surface area contributed by atoms with Crippen molar-refractivity contribution in [3.8, 4) is 0 Å². The number of pyridine rings is 1. The maximum Gasteiger partial charge on any atom is 0.141 e. The van der Waals surface area contributed by atoms with Gasteiger partial charge in [-0.05, 0) is 11.6 Å². The van der Waals surface area contributed by atoms with E-state index in [2.05, 4.69) is 9.88 Å². The molecular formula is C12H18FN3OS. The molecule has 0 saturated heterocycles. The lowest BCUT2D eigenvalue weighted by Crippen LogP contribution is -2.30. The van der Waals surface area contributed by atoms with E-state index in [9.17, 15) is 4.39 Å². The Hall–Kier alpha value is -1.11. The van der Waals surface area contributed by atoms with Crippen LogP contribution >= 0.6 is 12.2 Å². The SMILES string of the molecule is COCCN(CCC(N)=S)Cc1cncc(F)c1. The third kappa shape index (κ3) is 6.00. The Bertz CT molecular complexity index is 389. The van der Waals surface area contributed by atoms with Gasteiger partial charge in [0, 0.05) is 39.4 Å². The second kappa shape index (κ2) is 8.07. The standard InChI is InChI=1S/C12H18FN3OS/c1-17-5-4-16(3-2-12(14)18)9-10-6-11(13)8-15-7-10/h6-8H,2-5,9H2,1H3,(H2,14,18). The second-order valence-corrected chi connectivity index (χ2v) is 4.52. The maximum atomic E-state index is 13.0. The van der Waals surface area contributed by atoms with E-state index in [4.69, 9.17) is 22.7 Å². The van der Waals surface area contributed by atoms with E-state index in [1.807, 2.05) is 0 Å². The molecule has 0 saturated carbocycles. The summed E-state index contributed by atoms with van der Waals surface area (Å²) in [5.74, 6) is -0.325. The molecule has 0 unspecified atom stereocenters. The summed E-state index contributed by atoms with van der Waals surface area (Å²) < 4.78 is 18.1. The number of aromatic nitrogens is 1. The molecule has 1 rings (SSSR count). The fourth-order valence-electron chi connectivity index (χ4n) is 1.56. The highest BCUT2D eigenvalue weighted by atomic mass is 32.1. The summed E-state index contributed by atoms with van der Waals surface area (Å²) in [5, 5.41) is 0. The van der Waals surface area contributed by atoms with Crippen molar-refractivity contribution >= 4 is 17.2 Å². The smallest absolute Gasteiger partial charge is 0.141 e. The number of halogens is 1. The molecule has 0 radical (unpaired) electrons. The van der Waals surface area contributed by atoms with Crippen LogP contribution < -0.4 is 5.73 Å². The summed E-state index contributed by atoms with van der Waals surface area (Å²) in [6.07, 6.45) is 3.49. The van der Waals surface area contributed by atoms with Crippen LogP contribution in [0.25, 0.3) is 0 Å². The van der Waals surface area contributed by atoms with E-state index in [0.717, 1.165) is 18.7 Å². The van der Waals surface area contributed by atoms with Crippen molar-refractivity contribution in [2.45, 2.75) is 13.0 Å². The first-order valence-electron chi connectivity index (χ1n) is 5.71. The van der Waals surface area contributed by atoms with Gasteiger partial charge < -0.3 is 10.5 Å². The first-order chi connectivity index (χ1) is 8.61. The number of nitrogens with two attached hydrogens (primary N) is 1. The predicted molar refractivity (Wildman–Crippen MR) is 72.8 cm³/mol. The zero-order valence-corrected chi connectivity index (χ0v) is 11.3. The molecule has 0 aliphatic carbocycles. The van der Waals surface area contributed by atoms with Crippen LogP contribution in [-0.2, 0) is 11.3 Å². The molecule has 4 nitrogen and oxygen atoms in total. The number of thiocarbonyl (C=S) groups is 1. The minimum absolute atomic E-state index is 0.325. The molecule has 0 fully saturated rings. The summed E-state index contributed by atoms with van der Waals surface area (Å²) >= 11 is 4.86. The molecule has 2 N–H and O–H groups in total. The van der Waals surface area contributed by atoms with Crippen LogP contribution in [0.4, 0.5) is 4.39 Å². The molecule has 1 aromatic heterocycles. The fraction of sp³-hybridized carbons (Fsp3) is 0.500. The largest absolute Gasteiger partial charge is 0.393 e. The quantitative estimate of drug-likeness (QED) is 0.723. The molecule has 0 atom stereocenters. The van der Waals surface area contributed by atoms with Crippen LogP contribution in [-0.4, -0.2) is 41.7 Å². The van der Waals surface area contributed by atoms with E-state index in [1.54, 1.807) is 13.3 Å². The number of nitrogens with zero attached hydrogens (tertiary/aromatic N) is 2. The van der Waals surface area contributed by atoms with Crippen molar-refractivity contribution < 1.29 is 9.13 Å². The highest BCUT2D eigenvalue weighted by Crippen LogP contribution is 2.06. The average Bonchev–Trinajstić information content (AvgIpc) is 2.32. The molecule has 0 aliphatic heterocycles. The van der Waals surface area contributed by atoms with Gasteiger partial charge in [0.25, 0.3) is 0 Å². The molecule has 0 aromatic carbocycles. The molecule has 0 bridgehead atoms. The van der Waals surface area contributed by atoms with Crippen LogP contribution in [0, 0.1) is 5.82 Å². The summed E-state index contributed by atoms with van der Waals surface area (Å²) in [6.45, 7) is 2.70. The first-order valence-corrected chi connectivity index (χ1v) is 6.11. The lowest BCUT2D eigenvalue weighted by Gasteiger charge is -2.21. The highest BCUT2D eigenvalue weighted by molar-refractivity contribution is 7.80. The first kappa shape index (κ1) is 14.9. The lowest BCUT2D eigenvalue weighted by atomic mass is 10.2. The minimum Gasteiger partial charge on any atom is -0.393 e. The molecule has 0 amide bonds. The maximum absolute atomic E-state index is 13.0. The Morgan fingerprint density at radius 3 is 2.89 bits per heavy atom. The third-order valence-electron chi connectivity index (χ3n) is 2.45. The molecule has 1 aromatic rings. The van der Waals surface area contributed by atoms with Gasteiger partial charge in [-0.25, -0.2) is 4.39 Å². The van der Waals surface area contributed by atoms with Crippen molar-refractivity contribution in [1.29, 1.82) is 0 Å². The van der Waals surface area contributed by atoms with Gasteiger partial charge in [-0.3, -0.25) is 9.88 Å². The second-order valence-electron chi connectivity index (χ2n) is 4.00. The number of hydrogen-bond donors (Lipinski definition) is 1. The summed E-state index contributed by atoms with van der Waals surface area (Å²) in [5.41, 5.74) is 6.32. The zero-order valence-electron chi connectivity index (χ0n) is 10.4. The van der Waals surface area contributed by atoms with Crippen LogP contribution in [0.15, 0.2) is 18.5 Å². The highest BCUT2D eigenvalue weighted by Gasteiger charge is 2.07. The lowest BCUT2D eigenvalue weighted by molar-refractivity contribution is 0.145. The van der Waals surface area contributed by atoms with Crippen molar-refractivity contribution in [3.05, 3.63) is 29.8 Å². The summed E-state index contributed by atoms with van der Waals surface area (Å²) in [4.78, 5) is 6.42. The molecule has 18 heavy (non-hydrogen) atoms. The van der Waals surface area contributed by atoms with Gasteiger partial charge in [-0.2, -0.15) is 0 Å². The Morgan fingerprint density at radius 1 is 1.50 bits per heavy atom. The van der Waals surface area contributed by atoms with E-state index < -0.39 is 0 Å². The van der Waals surface area contributed by atoms with Crippen molar-refractivity contribution in [2.24, 2.45) is 5.73 Å². The van der Waals surface area contributed by atoms with Gasteiger partial charge >= 0.3 is 0 Å². The normalized spacial score (nSPS) is 10.8. The van der Waals surface area contributed by atoms with Crippen molar-refractivity contribution in [3.63, 3.8) is 0 Å². The van der Waals surface area contributed by atoms with E-state index >= 15 is 0 Å². The Kier molecular flexibility index (Phi) is 6.70. The summed E-state index contributed by atoms with van der Waals surface area (Å²) in [6, 6.07) is 1.48. The van der Waals surface area contributed by atoms with E-state index in [0.29, 0.717) is 24.6 Å². The van der Waals surface area contributed by atoms with Gasteiger partial charge in [0.1, 0.15) is 5.82 Å². The molecule has 0 spiro atoms. The van der Waals surface area contributed by atoms with Gasteiger partial charge in [-0.1, -0.05) is 12.2 Å². The number of hydrogen-bond acceptors (Lipinski definition) is 4. The van der Waals surface area contributed by atoms with Crippen LogP contribution in [0.2, 0.25) is 0 Å². The molecule has 1 heterocycles. The molecule has 6 heteroatoms. The fourth-order valence-corrected chi connectivity index (χ4v) is 1.65. The number of rotatable bonds is 8. The van der Waals surface area contributed by atoms with Crippen LogP contribution in [0.3, 0.4) is 0 Å². The minimum atomic E-state index is -0.325. The number of ether oxygens (including phenoxy) is 1. The van der Waals surface area contributed by atoms with Gasteiger partial charge in [-0.15, -0.1) is 0 Å². The van der Waals surface area contributed by atoms with Crippen molar-refractivity contribution in [2.75, 3.05) is 26.8 Å². The van der Waals surface area contributed by atoms with Gasteiger partial charge in [0.05, 0.1) is 17.8 Å². The van der Waals surface area contributed by atoms with Crippen LogP contribution in [0.5, 0.6) is 0 Å². The summed E-state index contributed by atoms with van der Waals surface area (Å²) in [7, 11) is 1.65. The third-order valence-corrected chi connectivity index (χ3v) is 2.66. The van der Waals surface area contributed by atoms with Gasteiger partial charge in [0.15, 0.2) is 0 Å². The van der Waals surface area contributed by atoms with E-state index in [1.165, 1.54) is 12.3 Å². The van der Waals surface area contributed by atoms with Gasteiger partial charge in [0.2, 0.25) is 0 Å². The van der Waals surface area contributed by atoms with Crippen molar-refractivity contribution in [1.82, 2.24) is 9.88 Å². The predicted octanol–water partition coefficient (Wildman–Crippen LogP) is 1.35. The Balaban J connectivity index is 2.56. The van der Waals surface area contributed by atoms with E-state index in [-0.39, 0.29) is 5.82 Å². The van der Waals surface area contributed by atoms with Crippen LogP contribution in [0.1, 0.15) is 12.0 Å².